The van der Waals surface area contributed by atoms with Crippen molar-refractivity contribution >= 4 is 0 Å². The molecule has 0 heterocycles. The minimum atomic E-state index is -0.332. The molecule has 0 fully saturated rings. The molecule has 0 bridgehead atoms. The van der Waals surface area contributed by atoms with E-state index in [2.05, 4.69) is 6.58 Å². The summed E-state index contributed by atoms with van der Waals surface area (Å²) >= 11 is 0. The number of hydrogen-bond donors (Lipinski definition) is 2. The Morgan fingerprint density at radius 2 is 1.21 bits per heavy atom. The molecule has 0 radical (unpaired) electrons. The summed E-state index contributed by atoms with van der Waals surface area (Å²) in [6, 6.07) is 0. The van der Waals surface area contributed by atoms with Gasteiger partial charge in [0.25, 0.3) is 0 Å². The average Bonchev–Trinajstić information content (AvgIpc) is 2.03. The Bertz CT molecular complexity index is 155. The van der Waals surface area contributed by atoms with Gasteiger partial charge in [-0.25, -0.2) is 0 Å². The molecule has 0 unspecified atom stereocenters. The molecule has 2 N–H and O–H groups in total. The third-order valence-electron chi connectivity index (χ3n) is 2.53. The lowest BCUT2D eigenvalue weighted by Crippen LogP contribution is -2.19. The van der Waals surface area contributed by atoms with Crippen molar-refractivity contribution in [3.8, 4) is 0 Å². The maximum atomic E-state index is 9.61. The van der Waals surface area contributed by atoms with Gasteiger partial charge in [0.15, 0.2) is 0 Å². The fraction of sp³-hybridized carbons (Fsp3) is 0.833. The molecule has 0 aromatic heterocycles. The van der Waals surface area contributed by atoms with Gasteiger partial charge in [-0.2, -0.15) is 0 Å². The first-order valence-electron chi connectivity index (χ1n) is 5.37. The molecule has 2 nitrogen and oxygen atoms in total. The van der Waals surface area contributed by atoms with E-state index in [1.165, 1.54) is 0 Å². The van der Waals surface area contributed by atoms with Gasteiger partial charge in [0.1, 0.15) is 0 Å². The Kier molecular flexibility index (Phi) is 6.05. The zero-order valence-corrected chi connectivity index (χ0v) is 9.83. The molecule has 0 saturated heterocycles. The molecular formula is C12H24O2. The summed E-state index contributed by atoms with van der Waals surface area (Å²) in [7, 11) is 0. The van der Waals surface area contributed by atoms with Gasteiger partial charge in [0.05, 0.1) is 12.2 Å². The highest BCUT2D eigenvalue weighted by atomic mass is 16.3. The summed E-state index contributed by atoms with van der Waals surface area (Å²) in [4.78, 5) is 0. The van der Waals surface area contributed by atoms with E-state index < -0.39 is 0 Å². The van der Waals surface area contributed by atoms with E-state index in [-0.39, 0.29) is 24.0 Å². The van der Waals surface area contributed by atoms with Gasteiger partial charge in [-0.1, -0.05) is 39.8 Å². The fourth-order valence-electron chi connectivity index (χ4n) is 1.15. The molecule has 0 rings (SSSR count). The summed E-state index contributed by atoms with van der Waals surface area (Å²) in [5.41, 5.74) is 0.937. The van der Waals surface area contributed by atoms with E-state index in [4.69, 9.17) is 0 Å². The lowest BCUT2D eigenvalue weighted by Gasteiger charge is -2.19. The van der Waals surface area contributed by atoms with Gasteiger partial charge in [-0.05, 0) is 24.7 Å². The number of aliphatic hydroxyl groups excluding tert-OH is 2. The highest BCUT2D eigenvalue weighted by Crippen LogP contribution is 2.18. The number of aliphatic hydroxyl groups is 2. The molecule has 2 atom stereocenters. The first-order chi connectivity index (χ1) is 6.34. The van der Waals surface area contributed by atoms with Gasteiger partial charge >= 0.3 is 0 Å². The predicted octanol–water partition coefficient (Wildman–Crippen LogP) is 2.36. The van der Waals surface area contributed by atoms with Crippen LogP contribution in [-0.4, -0.2) is 22.4 Å². The first-order valence-corrected chi connectivity index (χ1v) is 5.37. The quantitative estimate of drug-likeness (QED) is 0.646. The molecule has 0 saturated carbocycles. The van der Waals surface area contributed by atoms with E-state index in [0.29, 0.717) is 12.8 Å². The zero-order valence-electron chi connectivity index (χ0n) is 9.83. The molecule has 0 amide bonds. The topological polar surface area (TPSA) is 40.5 Å². The van der Waals surface area contributed by atoms with Crippen molar-refractivity contribution in [2.24, 2.45) is 11.8 Å². The van der Waals surface area contributed by atoms with Crippen molar-refractivity contribution in [3.05, 3.63) is 12.2 Å². The van der Waals surface area contributed by atoms with Crippen LogP contribution in [0.1, 0.15) is 40.5 Å². The van der Waals surface area contributed by atoms with Crippen LogP contribution in [0.3, 0.4) is 0 Å². The highest BCUT2D eigenvalue weighted by molar-refractivity contribution is 4.98. The minimum Gasteiger partial charge on any atom is -0.393 e. The van der Waals surface area contributed by atoms with Gasteiger partial charge in [-0.15, -0.1) is 0 Å². The van der Waals surface area contributed by atoms with E-state index in [0.717, 1.165) is 5.57 Å². The highest BCUT2D eigenvalue weighted by Gasteiger charge is 2.15. The van der Waals surface area contributed by atoms with Crippen LogP contribution in [0.4, 0.5) is 0 Å². The molecule has 2 heteroatoms. The fourth-order valence-corrected chi connectivity index (χ4v) is 1.15. The van der Waals surface area contributed by atoms with Crippen molar-refractivity contribution in [1.82, 2.24) is 0 Å². The standard InChI is InChI=1S/C12H24O2/c1-8(2)11(13)6-10(5)7-12(14)9(3)4/h8-9,11-14H,5-7H2,1-4H3/t11-,12-/m1/s1. The molecule has 84 valence electrons. The van der Waals surface area contributed by atoms with Crippen LogP contribution in [0.25, 0.3) is 0 Å². The van der Waals surface area contributed by atoms with Crippen LogP contribution in [0.15, 0.2) is 12.2 Å². The van der Waals surface area contributed by atoms with Gasteiger partial charge in [0.2, 0.25) is 0 Å². The molecule has 0 aliphatic rings. The second kappa shape index (κ2) is 6.20. The Morgan fingerprint density at radius 3 is 1.43 bits per heavy atom. The molecule has 0 aromatic rings. The predicted molar refractivity (Wildman–Crippen MR) is 60.1 cm³/mol. The van der Waals surface area contributed by atoms with E-state index in [1.807, 2.05) is 27.7 Å². The van der Waals surface area contributed by atoms with Crippen LogP contribution in [-0.2, 0) is 0 Å². The summed E-state index contributed by atoms with van der Waals surface area (Å²) in [6.07, 6.45) is 0.534. The molecule has 0 aromatic carbocycles. The maximum absolute atomic E-state index is 9.61. The Hall–Kier alpha value is -0.340. The summed E-state index contributed by atoms with van der Waals surface area (Å²) in [5.74, 6) is 0.505. The summed E-state index contributed by atoms with van der Waals surface area (Å²) in [5, 5.41) is 19.2. The lowest BCUT2D eigenvalue weighted by molar-refractivity contribution is 0.107. The molecule has 0 aliphatic carbocycles. The van der Waals surface area contributed by atoms with Crippen LogP contribution in [0.5, 0.6) is 0 Å². The summed E-state index contributed by atoms with van der Waals surface area (Å²) in [6.45, 7) is 11.8. The van der Waals surface area contributed by atoms with Gasteiger partial charge in [-0.3, -0.25) is 0 Å². The van der Waals surface area contributed by atoms with Crippen LogP contribution < -0.4 is 0 Å². The Balaban J connectivity index is 3.87. The van der Waals surface area contributed by atoms with Gasteiger partial charge in [0, 0.05) is 0 Å². The van der Waals surface area contributed by atoms with Crippen LogP contribution in [0.2, 0.25) is 0 Å². The smallest absolute Gasteiger partial charge is 0.0600 e. The Morgan fingerprint density at radius 1 is 0.929 bits per heavy atom. The second-order valence-corrected chi connectivity index (χ2v) is 4.78. The van der Waals surface area contributed by atoms with Crippen molar-refractivity contribution in [2.45, 2.75) is 52.7 Å². The zero-order chi connectivity index (χ0) is 11.3. The van der Waals surface area contributed by atoms with E-state index >= 15 is 0 Å². The Labute approximate surface area is 87.7 Å². The van der Waals surface area contributed by atoms with E-state index in [9.17, 15) is 10.2 Å². The van der Waals surface area contributed by atoms with E-state index in [1.54, 1.807) is 0 Å². The third-order valence-corrected chi connectivity index (χ3v) is 2.53. The van der Waals surface area contributed by atoms with Crippen LogP contribution >= 0.6 is 0 Å². The number of hydrogen-bond acceptors (Lipinski definition) is 2. The lowest BCUT2D eigenvalue weighted by atomic mass is 9.94. The second-order valence-electron chi connectivity index (χ2n) is 4.78. The summed E-state index contributed by atoms with van der Waals surface area (Å²) < 4.78 is 0. The molecule has 0 aliphatic heterocycles. The minimum absolute atomic E-state index is 0.253. The normalized spacial score (nSPS) is 16.0. The van der Waals surface area contributed by atoms with Gasteiger partial charge < -0.3 is 10.2 Å². The SMILES string of the molecule is C=C(C[C@@H](O)C(C)C)C[C@@H](O)C(C)C. The monoisotopic (exact) mass is 200 g/mol. The van der Waals surface area contributed by atoms with Crippen molar-refractivity contribution in [3.63, 3.8) is 0 Å². The van der Waals surface area contributed by atoms with Crippen molar-refractivity contribution in [1.29, 1.82) is 0 Å². The van der Waals surface area contributed by atoms with Crippen LogP contribution in [0, 0.1) is 11.8 Å². The first kappa shape index (κ1) is 13.7. The maximum Gasteiger partial charge on any atom is 0.0600 e. The van der Waals surface area contributed by atoms with Crippen molar-refractivity contribution < 1.29 is 10.2 Å². The largest absolute Gasteiger partial charge is 0.393 e. The third kappa shape index (κ3) is 5.40. The molecular weight excluding hydrogens is 176 g/mol. The molecule has 14 heavy (non-hydrogen) atoms. The average molecular weight is 200 g/mol. The number of rotatable bonds is 6. The molecule has 0 spiro atoms. The van der Waals surface area contributed by atoms with Crippen molar-refractivity contribution in [2.75, 3.05) is 0 Å².